The summed E-state index contributed by atoms with van der Waals surface area (Å²) in [5.74, 6) is 0. The molecular weight excluding hydrogens is 198 g/mol. The fourth-order valence-corrected chi connectivity index (χ4v) is 2.39. The fourth-order valence-electron chi connectivity index (χ4n) is 2.39. The van der Waals surface area contributed by atoms with Crippen LogP contribution in [0.3, 0.4) is 0 Å². The molecule has 2 nitrogen and oxygen atoms in total. The molecule has 0 atom stereocenters. The fraction of sp³-hybridized carbons (Fsp3) is 0.571. The maximum absolute atomic E-state index is 5.88. The molecule has 2 rings (SSSR count). The van der Waals surface area contributed by atoms with E-state index in [2.05, 4.69) is 43.6 Å². The van der Waals surface area contributed by atoms with Crippen molar-refractivity contribution in [1.82, 2.24) is 5.32 Å². The van der Waals surface area contributed by atoms with Gasteiger partial charge < -0.3 is 10.1 Å². The summed E-state index contributed by atoms with van der Waals surface area (Å²) in [7, 11) is 2.05. The van der Waals surface area contributed by atoms with Gasteiger partial charge in [-0.2, -0.15) is 0 Å². The van der Waals surface area contributed by atoms with Gasteiger partial charge in [-0.25, -0.2) is 0 Å². The van der Waals surface area contributed by atoms with Gasteiger partial charge in [0.05, 0.1) is 12.7 Å². The molecule has 1 saturated carbocycles. The number of hydrogen-bond acceptors (Lipinski definition) is 2. The Bertz CT molecular complexity index is 311. The van der Waals surface area contributed by atoms with Crippen molar-refractivity contribution in [2.75, 3.05) is 7.05 Å². The Kier molecular flexibility index (Phi) is 3.62. The summed E-state index contributed by atoms with van der Waals surface area (Å²) in [6.45, 7) is 2.99. The molecule has 0 amide bonds. The van der Waals surface area contributed by atoms with E-state index in [-0.39, 0.29) is 0 Å². The molecule has 0 aliphatic heterocycles. The van der Waals surface area contributed by atoms with Crippen LogP contribution in [0, 0.1) is 0 Å². The van der Waals surface area contributed by atoms with Crippen molar-refractivity contribution in [3.8, 4) is 0 Å². The van der Waals surface area contributed by atoms with Gasteiger partial charge in [0, 0.05) is 5.54 Å². The lowest BCUT2D eigenvalue weighted by Gasteiger charge is -2.47. The zero-order valence-corrected chi connectivity index (χ0v) is 10.2. The first kappa shape index (κ1) is 11.6. The van der Waals surface area contributed by atoms with Gasteiger partial charge >= 0.3 is 0 Å². The zero-order valence-electron chi connectivity index (χ0n) is 10.2. The van der Waals surface area contributed by atoms with E-state index in [1.807, 2.05) is 6.07 Å². The summed E-state index contributed by atoms with van der Waals surface area (Å²) in [4.78, 5) is 0. The van der Waals surface area contributed by atoms with Crippen molar-refractivity contribution >= 4 is 0 Å². The Morgan fingerprint density at radius 3 is 2.56 bits per heavy atom. The molecule has 1 aliphatic carbocycles. The average molecular weight is 219 g/mol. The highest BCUT2D eigenvalue weighted by Crippen LogP contribution is 2.37. The topological polar surface area (TPSA) is 21.3 Å². The van der Waals surface area contributed by atoms with Crippen molar-refractivity contribution in [3.05, 3.63) is 35.9 Å². The second-order valence-electron chi connectivity index (χ2n) is 4.71. The summed E-state index contributed by atoms with van der Waals surface area (Å²) in [5.41, 5.74) is 1.61. The zero-order chi connectivity index (χ0) is 11.4. The number of nitrogens with one attached hydrogen (secondary N) is 1. The van der Waals surface area contributed by atoms with E-state index in [1.165, 1.54) is 12.0 Å². The minimum atomic E-state index is 0.349. The molecule has 0 aromatic heterocycles. The van der Waals surface area contributed by atoms with Crippen molar-refractivity contribution in [2.45, 2.75) is 44.4 Å². The predicted molar refractivity (Wildman–Crippen MR) is 66.3 cm³/mol. The van der Waals surface area contributed by atoms with Crippen LogP contribution in [-0.2, 0) is 11.3 Å². The summed E-state index contributed by atoms with van der Waals surface area (Å²) < 4.78 is 5.88. The van der Waals surface area contributed by atoms with E-state index in [0.29, 0.717) is 11.6 Å². The van der Waals surface area contributed by atoms with Crippen LogP contribution in [0.4, 0.5) is 0 Å². The molecular formula is C14H21NO. The number of hydrogen-bond donors (Lipinski definition) is 1. The van der Waals surface area contributed by atoms with Crippen molar-refractivity contribution in [1.29, 1.82) is 0 Å². The van der Waals surface area contributed by atoms with E-state index < -0.39 is 0 Å². The quantitative estimate of drug-likeness (QED) is 0.822. The molecule has 0 spiro atoms. The highest BCUT2D eigenvalue weighted by molar-refractivity contribution is 5.13. The van der Waals surface area contributed by atoms with Gasteiger partial charge in [-0.1, -0.05) is 37.3 Å². The third-order valence-electron chi connectivity index (χ3n) is 3.77. The van der Waals surface area contributed by atoms with Crippen LogP contribution >= 0.6 is 0 Å². The van der Waals surface area contributed by atoms with Crippen LogP contribution in [0.25, 0.3) is 0 Å². The lowest BCUT2D eigenvalue weighted by atomic mass is 9.72. The lowest BCUT2D eigenvalue weighted by Crippen LogP contribution is -2.56. The Morgan fingerprint density at radius 1 is 1.31 bits per heavy atom. The predicted octanol–water partition coefficient (Wildman–Crippen LogP) is 2.73. The molecule has 0 radical (unpaired) electrons. The second-order valence-corrected chi connectivity index (χ2v) is 4.71. The number of ether oxygens (including phenoxy) is 1. The SMILES string of the molecule is CCC1(NC)CC(OCc2ccccc2)C1. The molecule has 1 fully saturated rings. The van der Waals surface area contributed by atoms with Crippen molar-refractivity contribution in [3.63, 3.8) is 0 Å². The molecule has 1 aliphatic rings. The maximum atomic E-state index is 5.88. The summed E-state index contributed by atoms with van der Waals surface area (Å²) >= 11 is 0. The minimum absolute atomic E-state index is 0.349. The van der Waals surface area contributed by atoms with Gasteiger partial charge in [0.2, 0.25) is 0 Å². The van der Waals surface area contributed by atoms with Gasteiger partial charge in [-0.15, -0.1) is 0 Å². The number of rotatable bonds is 5. The van der Waals surface area contributed by atoms with E-state index in [9.17, 15) is 0 Å². The molecule has 0 unspecified atom stereocenters. The van der Waals surface area contributed by atoms with Crippen LogP contribution < -0.4 is 5.32 Å². The minimum Gasteiger partial charge on any atom is -0.373 e. The molecule has 0 saturated heterocycles. The number of benzene rings is 1. The van der Waals surface area contributed by atoms with Gasteiger partial charge in [0.25, 0.3) is 0 Å². The van der Waals surface area contributed by atoms with Gasteiger partial charge in [0.15, 0.2) is 0 Å². The molecule has 16 heavy (non-hydrogen) atoms. The summed E-state index contributed by atoms with van der Waals surface area (Å²) in [5, 5.41) is 3.41. The highest BCUT2D eigenvalue weighted by Gasteiger charge is 2.42. The largest absolute Gasteiger partial charge is 0.373 e. The Labute approximate surface area is 98.0 Å². The summed E-state index contributed by atoms with van der Waals surface area (Å²) in [6.07, 6.45) is 3.92. The van der Waals surface area contributed by atoms with E-state index >= 15 is 0 Å². The lowest BCUT2D eigenvalue weighted by molar-refractivity contribution is -0.0630. The molecule has 0 heterocycles. The van der Waals surface area contributed by atoms with E-state index in [1.54, 1.807) is 0 Å². The molecule has 1 N–H and O–H groups in total. The molecule has 2 heteroatoms. The smallest absolute Gasteiger partial charge is 0.0720 e. The van der Waals surface area contributed by atoms with E-state index in [0.717, 1.165) is 19.4 Å². The summed E-state index contributed by atoms with van der Waals surface area (Å²) in [6, 6.07) is 10.4. The molecule has 1 aromatic rings. The Balaban J connectivity index is 1.74. The molecule has 1 aromatic carbocycles. The first-order valence-electron chi connectivity index (χ1n) is 6.12. The van der Waals surface area contributed by atoms with Crippen LogP contribution in [-0.4, -0.2) is 18.7 Å². The van der Waals surface area contributed by atoms with Crippen molar-refractivity contribution in [2.24, 2.45) is 0 Å². The molecule has 0 bridgehead atoms. The van der Waals surface area contributed by atoms with Crippen LogP contribution in [0.1, 0.15) is 31.7 Å². The Hall–Kier alpha value is -0.860. The first-order chi connectivity index (χ1) is 7.78. The third-order valence-corrected chi connectivity index (χ3v) is 3.77. The molecule has 88 valence electrons. The maximum Gasteiger partial charge on any atom is 0.0720 e. The van der Waals surface area contributed by atoms with Crippen LogP contribution in [0.15, 0.2) is 30.3 Å². The highest BCUT2D eigenvalue weighted by atomic mass is 16.5. The monoisotopic (exact) mass is 219 g/mol. The first-order valence-corrected chi connectivity index (χ1v) is 6.12. The van der Waals surface area contributed by atoms with E-state index in [4.69, 9.17) is 4.74 Å². The van der Waals surface area contributed by atoms with Gasteiger partial charge in [-0.05, 0) is 31.9 Å². The Morgan fingerprint density at radius 2 is 2.00 bits per heavy atom. The van der Waals surface area contributed by atoms with Crippen LogP contribution in [0.2, 0.25) is 0 Å². The second kappa shape index (κ2) is 4.98. The third kappa shape index (κ3) is 2.45. The van der Waals surface area contributed by atoms with Crippen molar-refractivity contribution < 1.29 is 4.74 Å². The van der Waals surface area contributed by atoms with Gasteiger partial charge in [0.1, 0.15) is 0 Å². The van der Waals surface area contributed by atoms with Crippen LogP contribution in [0.5, 0.6) is 0 Å². The van der Waals surface area contributed by atoms with Gasteiger partial charge in [-0.3, -0.25) is 0 Å². The standard InChI is InChI=1S/C14H21NO/c1-3-14(15-2)9-13(10-14)16-11-12-7-5-4-6-8-12/h4-8,13,15H,3,9-11H2,1-2H3. The average Bonchev–Trinajstić information content (AvgIpc) is 2.30. The normalized spacial score (nSPS) is 28.8.